The second kappa shape index (κ2) is 5.02. The molecule has 1 aromatic heterocycles. The number of nitrogens with zero attached hydrogens (tertiary/aromatic N) is 2. The van der Waals surface area contributed by atoms with Crippen LogP contribution in [0.4, 0.5) is 13.2 Å². The van der Waals surface area contributed by atoms with Crippen LogP contribution in [-0.2, 0) is 16.1 Å². The van der Waals surface area contributed by atoms with Gasteiger partial charge in [0, 0.05) is 6.20 Å². The van der Waals surface area contributed by atoms with Crippen molar-refractivity contribution in [2.75, 3.05) is 0 Å². The first-order valence-electron chi connectivity index (χ1n) is 5.35. The second-order valence-corrected chi connectivity index (χ2v) is 4.84. The third-order valence-electron chi connectivity index (χ3n) is 1.86. The van der Waals surface area contributed by atoms with Gasteiger partial charge in [0.05, 0.1) is 11.8 Å². The van der Waals surface area contributed by atoms with Gasteiger partial charge < -0.3 is 4.74 Å². The molecule has 1 aromatic rings. The molecule has 8 heteroatoms. The van der Waals surface area contributed by atoms with E-state index in [0.717, 1.165) is 17.1 Å². The highest BCUT2D eigenvalue weighted by Crippen LogP contribution is 2.21. The minimum absolute atomic E-state index is 0.359. The summed E-state index contributed by atoms with van der Waals surface area (Å²) < 4.78 is 42.3. The second-order valence-electron chi connectivity index (χ2n) is 4.84. The Morgan fingerprint density at radius 2 is 1.89 bits per heavy atom. The summed E-state index contributed by atoms with van der Waals surface area (Å²) in [5.74, 6) is -2.65. The van der Waals surface area contributed by atoms with Crippen LogP contribution in [0.5, 0.6) is 0 Å². The van der Waals surface area contributed by atoms with Gasteiger partial charge in [-0.2, -0.15) is 18.3 Å². The molecule has 0 radical (unpaired) electrons. The molecule has 106 valence electrons. The predicted octanol–water partition coefficient (Wildman–Crippen LogP) is 1.97. The molecule has 0 N–H and O–H groups in total. The Kier molecular flexibility index (Phi) is 4.02. The monoisotopic (exact) mass is 278 g/mol. The van der Waals surface area contributed by atoms with Crippen LogP contribution in [0.25, 0.3) is 0 Å². The fraction of sp³-hybridized carbons (Fsp3) is 0.545. The lowest BCUT2D eigenvalue weighted by Gasteiger charge is -2.19. The molecule has 0 aliphatic rings. The van der Waals surface area contributed by atoms with Crippen LogP contribution in [-0.4, -0.2) is 33.3 Å². The SMILES string of the molecule is CC(C)(C)OC(=O)Cn1cc(C(=O)C(F)(F)F)cn1. The first kappa shape index (κ1) is 15.2. The third-order valence-corrected chi connectivity index (χ3v) is 1.86. The first-order valence-corrected chi connectivity index (χ1v) is 5.35. The van der Waals surface area contributed by atoms with Gasteiger partial charge in [0.25, 0.3) is 5.78 Å². The quantitative estimate of drug-likeness (QED) is 0.626. The maximum atomic E-state index is 12.2. The third kappa shape index (κ3) is 4.72. The van der Waals surface area contributed by atoms with E-state index in [1.807, 2.05) is 0 Å². The van der Waals surface area contributed by atoms with Crippen molar-refractivity contribution < 1.29 is 27.5 Å². The van der Waals surface area contributed by atoms with Gasteiger partial charge in [-0.1, -0.05) is 0 Å². The van der Waals surface area contributed by atoms with E-state index in [1.54, 1.807) is 20.8 Å². The lowest BCUT2D eigenvalue weighted by Crippen LogP contribution is -2.26. The van der Waals surface area contributed by atoms with E-state index < -0.39 is 29.1 Å². The minimum Gasteiger partial charge on any atom is -0.459 e. The number of carbonyl (C=O) groups excluding carboxylic acids is 2. The van der Waals surface area contributed by atoms with E-state index in [1.165, 1.54) is 0 Å². The van der Waals surface area contributed by atoms with Crippen molar-refractivity contribution in [3.05, 3.63) is 18.0 Å². The van der Waals surface area contributed by atoms with Crippen molar-refractivity contribution in [2.45, 2.75) is 39.1 Å². The Labute approximate surface area is 107 Å². The molecule has 1 rings (SSSR count). The molecule has 0 amide bonds. The molecule has 0 atom stereocenters. The first-order chi connectivity index (χ1) is 8.49. The number of hydrogen-bond acceptors (Lipinski definition) is 4. The van der Waals surface area contributed by atoms with E-state index in [0.29, 0.717) is 0 Å². The molecule has 0 unspecified atom stereocenters. The highest BCUT2D eigenvalue weighted by molar-refractivity contribution is 5.99. The van der Waals surface area contributed by atoms with Crippen molar-refractivity contribution in [3.63, 3.8) is 0 Å². The summed E-state index contributed by atoms with van der Waals surface area (Å²) in [6.45, 7) is 4.62. The van der Waals surface area contributed by atoms with Crippen LogP contribution < -0.4 is 0 Å². The summed E-state index contributed by atoms with van der Waals surface area (Å²) in [7, 11) is 0. The molecule has 0 spiro atoms. The summed E-state index contributed by atoms with van der Waals surface area (Å²) in [6.07, 6.45) is -3.33. The summed E-state index contributed by atoms with van der Waals surface area (Å²) in [4.78, 5) is 22.3. The summed E-state index contributed by atoms with van der Waals surface area (Å²) in [5.41, 5.74) is -1.31. The zero-order chi connectivity index (χ0) is 14.8. The topological polar surface area (TPSA) is 61.2 Å². The minimum atomic E-state index is -4.96. The summed E-state index contributed by atoms with van der Waals surface area (Å²) in [5, 5.41) is 3.52. The van der Waals surface area contributed by atoms with E-state index in [-0.39, 0.29) is 6.54 Å². The van der Waals surface area contributed by atoms with Gasteiger partial charge >= 0.3 is 12.1 Å². The molecular formula is C11H13F3N2O3. The number of ether oxygens (including phenoxy) is 1. The molecule has 19 heavy (non-hydrogen) atoms. The molecule has 5 nitrogen and oxygen atoms in total. The van der Waals surface area contributed by atoms with E-state index in [4.69, 9.17) is 4.74 Å². The number of alkyl halides is 3. The number of halogens is 3. The van der Waals surface area contributed by atoms with Crippen molar-refractivity contribution in [2.24, 2.45) is 0 Å². The zero-order valence-electron chi connectivity index (χ0n) is 10.6. The highest BCUT2D eigenvalue weighted by Gasteiger charge is 2.40. The van der Waals surface area contributed by atoms with E-state index in [2.05, 4.69) is 5.10 Å². The Hall–Kier alpha value is -1.86. The lowest BCUT2D eigenvalue weighted by molar-refractivity contribution is -0.155. The highest BCUT2D eigenvalue weighted by atomic mass is 19.4. The van der Waals surface area contributed by atoms with Gasteiger partial charge in [-0.3, -0.25) is 14.3 Å². The molecule has 0 aliphatic heterocycles. The Balaban J connectivity index is 2.71. The van der Waals surface area contributed by atoms with Gasteiger partial charge in [-0.05, 0) is 20.8 Å². The fourth-order valence-electron chi connectivity index (χ4n) is 1.24. The number of ketones is 1. The average molecular weight is 278 g/mol. The molecule has 0 fully saturated rings. The molecule has 0 saturated carbocycles. The standard InChI is InChI=1S/C11H13F3N2O3/c1-10(2,3)19-8(17)6-16-5-7(4-15-16)9(18)11(12,13)14/h4-5H,6H2,1-3H3. The van der Waals surface area contributed by atoms with Crippen LogP contribution in [0.15, 0.2) is 12.4 Å². The van der Waals surface area contributed by atoms with E-state index in [9.17, 15) is 22.8 Å². The van der Waals surface area contributed by atoms with Crippen LogP contribution >= 0.6 is 0 Å². The summed E-state index contributed by atoms with van der Waals surface area (Å²) in [6, 6.07) is 0. The zero-order valence-corrected chi connectivity index (χ0v) is 10.6. The van der Waals surface area contributed by atoms with E-state index >= 15 is 0 Å². The molecule has 0 aliphatic carbocycles. The average Bonchev–Trinajstić information content (AvgIpc) is 2.60. The molecule has 0 bridgehead atoms. The van der Waals surface area contributed by atoms with Gasteiger partial charge in [0.1, 0.15) is 12.1 Å². The van der Waals surface area contributed by atoms with Crippen molar-refractivity contribution in [3.8, 4) is 0 Å². The number of aromatic nitrogens is 2. The van der Waals surface area contributed by atoms with Gasteiger partial charge in [0.15, 0.2) is 0 Å². The molecule has 0 saturated heterocycles. The Bertz CT molecular complexity index is 486. The molecular weight excluding hydrogens is 265 g/mol. The fourth-order valence-corrected chi connectivity index (χ4v) is 1.24. The van der Waals surface area contributed by atoms with Gasteiger partial charge in [-0.25, -0.2) is 0 Å². The predicted molar refractivity (Wildman–Crippen MR) is 58.5 cm³/mol. The van der Waals surface area contributed by atoms with Crippen molar-refractivity contribution in [1.82, 2.24) is 9.78 Å². The largest absolute Gasteiger partial charge is 0.459 e. The van der Waals surface area contributed by atoms with Crippen LogP contribution in [0.1, 0.15) is 31.1 Å². The number of Topliss-reactive ketones (excluding diaryl/α,β-unsaturated/α-hetero) is 1. The van der Waals surface area contributed by atoms with Crippen molar-refractivity contribution >= 4 is 11.8 Å². The van der Waals surface area contributed by atoms with Crippen LogP contribution in [0.2, 0.25) is 0 Å². The van der Waals surface area contributed by atoms with Crippen molar-refractivity contribution in [1.29, 1.82) is 0 Å². The number of hydrogen-bond donors (Lipinski definition) is 0. The Morgan fingerprint density at radius 1 is 1.32 bits per heavy atom. The smallest absolute Gasteiger partial charge is 0.454 e. The molecule has 1 heterocycles. The number of rotatable bonds is 3. The maximum Gasteiger partial charge on any atom is 0.454 e. The van der Waals surface area contributed by atoms with Gasteiger partial charge in [0.2, 0.25) is 0 Å². The maximum absolute atomic E-state index is 12.2. The normalized spacial score (nSPS) is 12.3. The van der Waals surface area contributed by atoms with Crippen LogP contribution in [0.3, 0.4) is 0 Å². The number of esters is 1. The summed E-state index contributed by atoms with van der Waals surface area (Å²) >= 11 is 0. The Morgan fingerprint density at radius 3 is 2.37 bits per heavy atom. The molecule has 0 aromatic carbocycles. The van der Waals surface area contributed by atoms with Crippen LogP contribution in [0, 0.1) is 0 Å². The lowest BCUT2D eigenvalue weighted by atomic mass is 10.2. The van der Waals surface area contributed by atoms with Gasteiger partial charge in [-0.15, -0.1) is 0 Å². The number of carbonyl (C=O) groups is 2.